The fraction of sp³-hybridized carbons (Fsp3) is 0.524. The van der Waals surface area contributed by atoms with E-state index in [1.54, 1.807) is 15.3 Å². The molecule has 0 bridgehead atoms. The van der Waals surface area contributed by atoms with Crippen LogP contribution in [0.25, 0.3) is 92.6 Å². The van der Waals surface area contributed by atoms with E-state index in [-0.39, 0.29) is 0 Å². The van der Waals surface area contributed by atoms with Crippen molar-refractivity contribution in [3.8, 4) is 51.8 Å². The highest BCUT2D eigenvalue weighted by Crippen LogP contribution is 2.52. The topological polar surface area (TPSA) is 80.6 Å². The fourth-order valence-electron chi connectivity index (χ4n) is 12.5. The van der Waals surface area contributed by atoms with E-state index in [0.29, 0.717) is 17.8 Å². The molecular formula is C63H79N7S8Si. The Hall–Kier alpha value is -3.32. The van der Waals surface area contributed by atoms with E-state index in [4.69, 9.17) is 27.5 Å². The van der Waals surface area contributed by atoms with E-state index in [1.807, 2.05) is 68.0 Å². The largest absolute Gasteiger partial charge is 0.363 e. The van der Waals surface area contributed by atoms with E-state index in [0.717, 1.165) is 57.7 Å². The Labute approximate surface area is 503 Å². The number of rotatable bonds is 30. The van der Waals surface area contributed by atoms with Crippen molar-refractivity contribution in [2.45, 2.75) is 189 Å². The van der Waals surface area contributed by atoms with Crippen LogP contribution in [0, 0.1) is 11.8 Å². The van der Waals surface area contributed by atoms with Crippen molar-refractivity contribution < 1.29 is 0 Å². The van der Waals surface area contributed by atoms with Crippen LogP contribution in [0.5, 0.6) is 0 Å². The summed E-state index contributed by atoms with van der Waals surface area (Å²) in [6.45, 7) is 21.1. The quantitative estimate of drug-likeness (QED) is 0.0415. The summed E-state index contributed by atoms with van der Waals surface area (Å²) in [7, 11) is -2.36. The lowest BCUT2D eigenvalue weighted by Gasteiger charge is -2.35. The van der Waals surface area contributed by atoms with Gasteiger partial charge in [0.1, 0.15) is 41.5 Å². The van der Waals surface area contributed by atoms with Gasteiger partial charge in [0.25, 0.3) is 0 Å². The van der Waals surface area contributed by atoms with Gasteiger partial charge in [-0.25, -0.2) is 0 Å². The second-order valence-corrected chi connectivity index (χ2v) is 34.1. The number of anilines is 1. The number of fused-ring (bicyclic) bond motifs is 7. The monoisotopic (exact) mass is 1220 g/mol. The highest BCUT2D eigenvalue weighted by atomic mass is 32.1. The SMILES string of the molecule is CCCCC(CC)C[Si]1(CC(CC)CCCC)c2cc(-c3cnc(-c4cc5sc(C(CCCC)CCCC)cc5s4)c4nsnc34)sc2-c2sc(-c3cnc(-c4cc5sc(N(CCCC)CCCC)cc5s4)c4nsnc34)cc21. The Balaban J connectivity index is 0.986. The molecule has 2 atom stereocenters. The van der Waals surface area contributed by atoms with Gasteiger partial charge in [-0.3, -0.25) is 9.97 Å². The van der Waals surface area contributed by atoms with Gasteiger partial charge < -0.3 is 4.90 Å². The summed E-state index contributed by atoms with van der Waals surface area (Å²) in [6.07, 6.45) is 27.0. The van der Waals surface area contributed by atoms with Gasteiger partial charge in [0.2, 0.25) is 0 Å². The maximum atomic E-state index is 5.35. The predicted molar refractivity (Wildman–Crippen MR) is 359 cm³/mol. The molecule has 0 aromatic carbocycles. The molecule has 2 unspecified atom stereocenters. The van der Waals surface area contributed by atoms with Gasteiger partial charge in [-0.15, -0.1) is 68.0 Å². The van der Waals surface area contributed by atoms with Crippen molar-refractivity contribution in [2.24, 2.45) is 11.8 Å². The van der Waals surface area contributed by atoms with Crippen molar-refractivity contribution in [1.82, 2.24) is 27.5 Å². The Morgan fingerprint density at radius 2 is 0.886 bits per heavy atom. The molecule has 1 aliphatic heterocycles. The minimum absolute atomic E-state index is 0.667. The normalized spacial score (nSPS) is 15.3. The molecule has 0 fully saturated rings. The molecule has 16 heteroatoms. The Kier molecular flexibility index (Phi) is 19.0. The lowest BCUT2D eigenvalue weighted by molar-refractivity contribution is 0.469. The summed E-state index contributed by atoms with van der Waals surface area (Å²) < 4.78 is 25.7. The maximum Gasteiger partial charge on any atom is 0.132 e. The molecule has 0 saturated heterocycles. The molecule has 79 heavy (non-hydrogen) atoms. The third kappa shape index (κ3) is 11.6. The standard InChI is InChI=1S/C63H79N7S8Si/c1-9-17-23-39(15-7)37-79(38-40(16-8)24-18-10-2)53-32-45(42-35-64-58(60-56(42)66-77-68-60)51-30-48-47(72-51)29-44(71-48)41(25-19-11-3)26-20-12-4)75-62(53)63-54(79)33-46(76-63)43-36-65-59(61-57(43)67-78-69-61)52-31-49-50(73-52)34-55(74-49)70(27-21-13-5)28-22-14-6/h29-36,39-41H,9-28,37-38H2,1-8H3. The first-order chi connectivity index (χ1) is 38.8. The maximum absolute atomic E-state index is 5.35. The van der Waals surface area contributed by atoms with E-state index in [2.05, 4.69) is 109 Å². The van der Waals surface area contributed by atoms with E-state index in [1.165, 1.54) is 204 Å². The molecule has 0 amide bonds. The van der Waals surface area contributed by atoms with Crippen LogP contribution >= 0.6 is 91.5 Å². The van der Waals surface area contributed by atoms with E-state index >= 15 is 0 Å². The molecule has 10 aromatic heterocycles. The summed E-state index contributed by atoms with van der Waals surface area (Å²) in [5.41, 5.74) is 8.03. The minimum Gasteiger partial charge on any atom is -0.363 e. The van der Waals surface area contributed by atoms with Crippen molar-refractivity contribution in [3.63, 3.8) is 0 Å². The Morgan fingerprint density at radius 3 is 1.34 bits per heavy atom. The fourth-order valence-corrected chi connectivity index (χ4v) is 29.1. The third-order valence-electron chi connectivity index (χ3n) is 17.2. The highest BCUT2D eigenvalue weighted by Gasteiger charge is 2.50. The Bertz CT molecular complexity index is 3310. The lowest BCUT2D eigenvalue weighted by Crippen LogP contribution is -2.56. The van der Waals surface area contributed by atoms with Gasteiger partial charge in [-0.1, -0.05) is 145 Å². The molecule has 10 aromatic rings. The third-order valence-corrected chi connectivity index (χ3v) is 31.3. The summed E-state index contributed by atoms with van der Waals surface area (Å²) in [6, 6.07) is 17.6. The van der Waals surface area contributed by atoms with Crippen LogP contribution in [0.15, 0.2) is 48.8 Å². The van der Waals surface area contributed by atoms with Crippen LogP contribution in [-0.4, -0.2) is 48.6 Å². The van der Waals surface area contributed by atoms with Crippen molar-refractivity contribution in [3.05, 3.63) is 53.7 Å². The number of hydrogen-bond acceptors (Lipinski definition) is 15. The predicted octanol–water partition coefficient (Wildman–Crippen LogP) is 21.7. The van der Waals surface area contributed by atoms with Crippen LogP contribution in [-0.2, 0) is 0 Å². The van der Waals surface area contributed by atoms with Crippen molar-refractivity contribution in [2.75, 3.05) is 18.0 Å². The molecule has 0 radical (unpaired) electrons. The minimum atomic E-state index is -2.36. The van der Waals surface area contributed by atoms with Gasteiger partial charge in [0, 0.05) is 79.8 Å². The average Bonchev–Trinajstić information content (AvgIpc) is 4.51. The van der Waals surface area contributed by atoms with Gasteiger partial charge in [0.05, 0.1) is 38.2 Å². The van der Waals surface area contributed by atoms with Gasteiger partial charge in [0.15, 0.2) is 0 Å². The number of pyridine rings is 2. The number of nitrogens with zero attached hydrogens (tertiary/aromatic N) is 7. The highest BCUT2D eigenvalue weighted by molar-refractivity contribution is 7.32. The number of thiophene rings is 6. The van der Waals surface area contributed by atoms with Gasteiger partial charge in [-0.05, 0) is 102 Å². The van der Waals surface area contributed by atoms with E-state index < -0.39 is 8.07 Å². The average molecular weight is 1220 g/mol. The zero-order valence-corrected chi connectivity index (χ0v) is 55.3. The molecule has 0 N–H and O–H groups in total. The number of hydrogen-bond donors (Lipinski definition) is 0. The zero-order valence-electron chi connectivity index (χ0n) is 47.8. The molecule has 0 aliphatic carbocycles. The molecule has 11 heterocycles. The molecule has 11 rings (SSSR count). The second kappa shape index (κ2) is 26.1. The van der Waals surface area contributed by atoms with Crippen molar-refractivity contribution in [1.29, 1.82) is 0 Å². The first kappa shape index (κ1) is 57.5. The number of aromatic nitrogens is 6. The lowest BCUT2D eigenvalue weighted by atomic mass is 9.94. The molecule has 0 spiro atoms. The Morgan fingerprint density at radius 1 is 0.443 bits per heavy atom. The second-order valence-electron chi connectivity index (χ2n) is 22.6. The van der Waals surface area contributed by atoms with Crippen LogP contribution in [0.3, 0.4) is 0 Å². The van der Waals surface area contributed by atoms with Crippen LogP contribution < -0.4 is 15.3 Å². The van der Waals surface area contributed by atoms with Gasteiger partial charge >= 0.3 is 0 Å². The molecule has 7 nitrogen and oxygen atoms in total. The first-order valence-electron chi connectivity index (χ1n) is 30.1. The zero-order chi connectivity index (χ0) is 54.6. The summed E-state index contributed by atoms with van der Waals surface area (Å²) in [4.78, 5) is 22.8. The van der Waals surface area contributed by atoms with E-state index in [9.17, 15) is 0 Å². The molecular weight excluding hydrogens is 1140 g/mol. The molecule has 0 saturated carbocycles. The van der Waals surface area contributed by atoms with Crippen LogP contribution in [0.4, 0.5) is 5.00 Å². The van der Waals surface area contributed by atoms with Crippen LogP contribution in [0.1, 0.15) is 182 Å². The number of unbranched alkanes of at least 4 members (excludes halogenated alkanes) is 6. The van der Waals surface area contributed by atoms with Gasteiger partial charge in [-0.2, -0.15) is 17.5 Å². The first-order valence-corrected chi connectivity index (χ1v) is 38.9. The summed E-state index contributed by atoms with van der Waals surface area (Å²) in [5.74, 6) is 2.04. The smallest absolute Gasteiger partial charge is 0.132 e. The molecule has 1 aliphatic rings. The van der Waals surface area contributed by atoms with Crippen molar-refractivity contribution >= 4 is 156 Å². The summed E-state index contributed by atoms with van der Waals surface area (Å²) in [5, 5.41) is 4.74. The van der Waals surface area contributed by atoms with Crippen LogP contribution in [0.2, 0.25) is 12.1 Å². The summed E-state index contributed by atoms with van der Waals surface area (Å²) >= 11 is 14.3. The molecule has 418 valence electrons.